The quantitative estimate of drug-likeness (QED) is 0.126. The van der Waals surface area contributed by atoms with Crippen LogP contribution >= 0.6 is 0 Å². The molecule has 0 saturated heterocycles. The van der Waals surface area contributed by atoms with E-state index in [4.69, 9.17) is 8.85 Å². The Hall–Kier alpha value is -1.58. The first-order valence-electron chi connectivity index (χ1n) is 14.7. The number of unbranched alkanes of at least 4 members (excludes halogenated alkanes) is 13. The summed E-state index contributed by atoms with van der Waals surface area (Å²) in [5, 5.41) is 0. The summed E-state index contributed by atoms with van der Waals surface area (Å²) in [5.74, 6) is 0.968. The standard InChI is InChI=1S/C32H52O2Si/c1-4-7-8-9-10-11-12-13-14-15-16-17-18-24-29-33-35(5-2,6-3)34-32-28-23-22-27-31(32)30-25-20-19-21-26-30/h19-23,25-28H,4-18,24,29H2,1-3H3. The van der Waals surface area contributed by atoms with Crippen LogP contribution in [0.4, 0.5) is 0 Å². The fraction of sp³-hybridized carbons (Fsp3) is 0.625. The highest BCUT2D eigenvalue weighted by atomic mass is 28.4. The van der Waals surface area contributed by atoms with Gasteiger partial charge in [0, 0.05) is 12.2 Å². The van der Waals surface area contributed by atoms with Crippen LogP contribution in [0, 0.1) is 0 Å². The minimum Gasteiger partial charge on any atom is -0.520 e. The molecule has 0 unspecified atom stereocenters. The van der Waals surface area contributed by atoms with E-state index in [0.717, 1.165) is 36.4 Å². The summed E-state index contributed by atoms with van der Waals surface area (Å²) in [7, 11) is -2.25. The molecule has 2 aromatic carbocycles. The Balaban J connectivity index is 1.63. The van der Waals surface area contributed by atoms with Gasteiger partial charge in [-0.2, -0.15) is 0 Å². The Bertz CT molecular complexity index is 757. The largest absolute Gasteiger partial charge is 0.520 e. The monoisotopic (exact) mass is 496 g/mol. The smallest absolute Gasteiger partial charge is 0.398 e. The predicted molar refractivity (Wildman–Crippen MR) is 155 cm³/mol. The van der Waals surface area contributed by atoms with Gasteiger partial charge < -0.3 is 8.85 Å². The average molecular weight is 497 g/mol. The molecule has 0 N–H and O–H groups in total. The molecule has 2 aromatic rings. The van der Waals surface area contributed by atoms with Gasteiger partial charge in [0.25, 0.3) is 0 Å². The van der Waals surface area contributed by atoms with E-state index in [2.05, 4.69) is 75.4 Å². The van der Waals surface area contributed by atoms with Crippen LogP contribution in [0.2, 0.25) is 12.1 Å². The van der Waals surface area contributed by atoms with Crippen LogP contribution in [-0.2, 0) is 4.43 Å². The molecule has 0 aliphatic heterocycles. The van der Waals surface area contributed by atoms with Crippen LogP contribution in [0.3, 0.4) is 0 Å². The Morgan fingerprint density at radius 3 is 1.57 bits per heavy atom. The first-order valence-corrected chi connectivity index (χ1v) is 16.9. The molecule has 0 aliphatic carbocycles. The van der Waals surface area contributed by atoms with Crippen LogP contribution in [0.1, 0.15) is 111 Å². The van der Waals surface area contributed by atoms with E-state index in [1.807, 2.05) is 0 Å². The van der Waals surface area contributed by atoms with E-state index < -0.39 is 8.56 Å². The molecule has 196 valence electrons. The SMILES string of the molecule is CCCCCCCCCCCCCCCCO[Si](CC)(CC)Oc1ccccc1-c1ccccc1. The molecule has 0 aliphatic rings. The van der Waals surface area contributed by atoms with Crippen molar-refractivity contribution in [2.75, 3.05) is 6.61 Å². The Morgan fingerprint density at radius 2 is 1.03 bits per heavy atom. The minimum atomic E-state index is -2.25. The van der Waals surface area contributed by atoms with Crippen LogP contribution in [0.5, 0.6) is 5.75 Å². The molecule has 0 fully saturated rings. The van der Waals surface area contributed by atoms with E-state index in [9.17, 15) is 0 Å². The first-order chi connectivity index (χ1) is 17.2. The summed E-state index contributed by atoms with van der Waals surface area (Å²) in [4.78, 5) is 0. The van der Waals surface area contributed by atoms with Gasteiger partial charge in [0.1, 0.15) is 5.75 Å². The maximum Gasteiger partial charge on any atom is 0.398 e. The van der Waals surface area contributed by atoms with Crippen molar-refractivity contribution in [3.8, 4) is 16.9 Å². The van der Waals surface area contributed by atoms with E-state index in [1.165, 1.54) is 89.0 Å². The Kier molecular flexibility index (Phi) is 15.8. The second kappa shape index (κ2) is 18.7. The molecule has 0 amide bonds. The average Bonchev–Trinajstić information content (AvgIpc) is 2.91. The molecular formula is C32H52O2Si. The summed E-state index contributed by atoms with van der Waals surface area (Å²) in [6.07, 6.45) is 19.4. The number of benzene rings is 2. The molecule has 2 nitrogen and oxygen atoms in total. The zero-order valence-corrected chi connectivity index (χ0v) is 24.0. The number of para-hydroxylation sites is 1. The summed E-state index contributed by atoms with van der Waals surface area (Å²) < 4.78 is 13.3. The second-order valence-corrected chi connectivity index (χ2v) is 13.8. The summed E-state index contributed by atoms with van der Waals surface area (Å²) in [5.41, 5.74) is 2.36. The molecule has 3 heteroatoms. The number of hydrogen-bond donors (Lipinski definition) is 0. The lowest BCUT2D eigenvalue weighted by molar-refractivity contribution is 0.230. The van der Waals surface area contributed by atoms with Gasteiger partial charge in [-0.25, -0.2) is 0 Å². The number of hydrogen-bond acceptors (Lipinski definition) is 2. The van der Waals surface area contributed by atoms with E-state index in [0.29, 0.717) is 0 Å². The fourth-order valence-corrected chi connectivity index (χ4v) is 7.15. The highest BCUT2D eigenvalue weighted by Gasteiger charge is 2.36. The van der Waals surface area contributed by atoms with Crippen LogP contribution in [-0.4, -0.2) is 15.2 Å². The van der Waals surface area contributed by atoms with Crippen LogP contribution in [0.15, 0.2) is 54.6 Å². The normalized spacial score (nSPS) is 11.6. The molecule has 0 spiro atoms. The number of rotatable bonds is 21. The fourth-order valence-electron chi connectivity index (χ4n) is 4.79. The molecular weight excluding hydrogens is 444 g/mol. The first kappa shape index (κ1) is 29.6. The van der Waals surface area contributed by atoms with Crippen molar-refractivity contribution < 1.29 is 8.85 Å². The zero-order chi connectivity index (χ0) is 25.0. The van der Waals surface area contributed by atoms with Crippen molar-refractivity contribution in [3.05, 3.63) is 54.6 Å². The maximum absolute atomic E-state index is 6.72. The molecule has 0 radical (unpaired) electrons. The third kappa shape index (κ3) is 11.8. The highest BCUT2D eigenvalue weighted by Crippen LogP contribution is 2.33. The van der Waals surface area contributed by atoms with Crippen LogP contribution < -0.4 is 4.43 Å². The van der Waals surface area contributed by atoms with Crippen molar-refractivity contribution in [3.63, 3.8) is 0 Å². The Morgan fingerprint density at radius 1 is 0.543 bits per heavy atom. The topological polar surface area (TPSA) is 18.5 Å². The predicted octanol–water partition coefficient (Wildman–Crippen LogP) is 10.7. The molecule has 0 bridgehead atoms. The van der Waals surface area contributed by atoms with Gasteiger partial charge in [-0.15, -0.1) is 0 Å². The lowest BCUT2D eigenvalue weighted by Crippen LogP contribution is -2.44. The lowest BCUT2D eigenvalue weighted by atomic mass is 10.0. The summed E-state index contributed by atoms with van der Waals surface area (Å²) in [6.45, 7) is 7.58. The highest BCUT2D eigenvalue weighted by molar-refractivity contribution is 6.68. The lowest BCUT2D eigenvalue weighted by Gasteiger charge is -2.30. The molecule has 2 rings (SSSR count). The third-order valence-electron chi connectivity index (χ3n) is 7.21. The molecule has 0 aromatic heterocycles. The molecule has 35 heavy (non-hydrogen) atoms. The van der Waals surface area contributed by atoms with Gasteiger partial charge in [-0.1, -0.05) is 153 Å². The van der Waals surface area contributed by atoms with Gasteiger partial charge in [0.15, 0.2) is 0 Å². The van der Waals surface area contributed by atoms with Gasteiger partial charge in [0.05, 0.1) is 0 Å². The molecule has 0 atom stereocenters. The third-order valence-corrected chi connectivity index (χ3v) is 10.7. The molecule has 0 heterocycles. The van der Waals surface area contributed by atoms with Crippen molar-refractivity contribution in [2.24, 2.45) is 0 Å². The van der Waals surface area contributed by atoms with Crippen molar-refractivity contribution >= 4 is 8.56 Å². The second-order valence-electron chi connectivity index (χ2n) is 10.0. The molecule has 0 saturated carbocycles. The van der Waals surface area contributed by atoms with Gasteiger partial charge in [-0.05, 0) is 30.1 Å². The van der Waals surface area contributed by atoms with Gasteiger partial charge in [-0.3, -0.25) is 0 Å². The van der Waals surface area contributed by atoms with E-state index in [1.54, 1.807) is 0 Å². The van der Waals surface area contributed by atoms with Crippen LogP contribution in [0.25, 0.3) is 11.1 Å². The van der Waals surface area contributed by atoms with E-state index in [-0.39, 0.29) is 0 Å². The van der Waals surface area contributed by atoms with Gasteiger partial charge >= 0.3 is 8.56 Å². The zero-order valence-electron chi connectivity index (χ0n) is 23.0. The maximum atomic E-state index is 6.72. The van der Waals surface area contributed by atoms with Gasteiger partial charge in [0.2, 0.25) is 0 Å². The van der Waals surface area contributed by atoms with Crippen molar-refractivity contribution in [1.29, 1.82) is 0 Å². The van der Waals surface area contributed by atoms with Crippen molar-refractivity contribution in [1.82, 2.24) is 0 Å². The van der Waals surface area contributed by atoms with E-state index >= 15 is 0 Å². The summed E-state index contributed by atoms with van der Waals surface area (Å²) >= 11 is 0. The van der Waals surface area contributed by atoms with Crippen molar-refractivity contribution in [2.45, 2.75) is 123 Å². The Labute approximate surface area is 218 Å². The minimum absolute atomic E-state index is 0.833. The summed E-state index contributed by atoms with van der Waals surface area (Å²) in [6, 6.07) is 20.9.